The summed E-state index contributed by atoms with van der Waals surface area (Å²) in [6.45, 7) is 16.7. The maximum absolute atomic E-state index is 11.8. The van der Waals surface area contributed by atoms with Crippen LogP contribution in [-0.4, -0.2) is 58.4 Å². The van der Waals surface area contributed by atoms with Crippen LogP contribution in [0, 0.1) is 0 Å². The van der Waals surface area contributed by atoms with Crippen LogP contribution in [0.5, 0.6) is 0 Å². The average molecular weight is 518 g/mol. The van der Waals surface area contributed by atoms with Crippen molar-refractivity contribution in [2.45, 2.75) is 41.5 Å². The first-order valence-electron chi connectivity index (χ1n) is 10.1. The van der Waals surface area contributed by atoms with E-state index >= 15 is 0 Å². The maximum atomic E-state index is 11.8. The van der Waals surface area contributed by atoms with E-state index in [1.165, 1.54) is 13.8 Å². The molecule has 0 fully saturated rings. The van der Waals surface area contributed by atoms with Crippen molar-refractivity contribution in [3.8, 4) is 0 Å². The van der Waals surface area contributed by atoms with Gasteiger partial charge in [0.25, 0.3) is 0 Å². The Bertz CT molecular complexity index is 687. The lowest BCUT2D eigenvalue weighted by Gasteiger charge is -2.16. The molecule has 0 aromatic carbocycles. The molecule has 194 valence electrons. The number of carbonyl (C=O) groups is 2. The Labute approximate surface area is 195 Å². The van der Waals surface area contributed by atoms with Crippen molar-refractivity contribution in [1.82, 2.24) is 0 Å². The van der Waals surface area contributed by atoms with E-state index < -0.39 is 34.4 Å². The van der Waals surface area contributed by atoms with E-state index in [9.17, 15) is 18.7 Å². The quantitative estimate of drug-likeness (QED) is 0.0875. The fourth-order valence-corrected chi connectivity index (χ4v) is 3.72. The van der Waals surface area contributed by atoms with Gasteiger partial charge in [-0.1, -0.05) is 13.2 Å². The molecule has 12 nitrogen and oxygen atoms in total. The van der Waals surface area contributed by atoms with E-state index in [-0.39, 0.29) is 45.2 Å². The monoisotopic (exact) mass is 518 g/mol. The predicted octanol–water partition coefficient (Wildman–Crippen LogP) is 4.56. The van der Waals surface area contributed by atoms with E-state index in [0.29, 0.717) is 5.57 Å². The van der Waals surface area contributed by atoms with Gasteiger partial charge in [-0.25, -0.2) is 23.2 Å². The summed E-state index contributed by atoms with van der Waals surface area (Å²) in [5, 5.41) is 0. The third-order valence-corrected chi connectivity index (χ3v) is 6.03. The third kappa shape index (κ3) is 17.7. The van der Waals surface area contributed by atoms with Gasteiger partial charge in [0.2, 0.25) is 6.79 Å². The molecule has 0 saturated carbocycles. The summed E-state index contributed by atoms with van der Waals surface area (Å²) in [6, 6.07) is 0. The van der Waals surface area contributed by atoms with Crippen LogP contribution in [0.3, 0.4) is 0 Å². The van der Waals surface area contributed by atoms with Crippen LogP contribution in [0.2, 0.25) is 0 Å². The summed E-state index contributed by atoms with van der Waals surface area (Å²) in [4.78, 5) is 22.0. The molecule has 0 rings (SSSR count). The van der Waals surface area contributed by atoms with E-state index in [1.807, 2.05) is 0 Å². The Kier molecular flexibility index (Phi) is 19.5. The Morgan fingerprint density at radius 2 is 0.970 bits per heavy atom. The van der Waals surface area contributed by atoms with E-state index in [2.05, 4.69) is 17.9 Å². The minimum absolute atomic E-state index is 0.0319. The minimum atomic E-state index is -3.61. The topological polar surface area (TPSA) is 142 Å². The van der Waals surface area contributed by atoms with E-state index in [0.717, 1.165) is 0 Å². The fourth-order valence-electron chi connectivity index (χ4n) is 1.53. The molecular formula is C19H36O12P2. The number of ether oxygens (including phenoxy) is 2. The molecule has 0 heterocycles. The zero-order valence-electron chi connectivity index (χ0n) is 20.2. The van der Waals surface area contributed by atoms with Gasteiger partial charge in [0.05, 0.1) is 33.0 Å². The average Bonchev–Trinajstić information content (AvgIpc) is 2.72. The zero-order chi connectivity index (χ0) is 25.9. The Balaban J connectivity index is 0. The fraction of sp³-hybridized carbons (Fsp3) is 0.684. The van der Waals surface area contributed by atoms with Crippen LogP contribution < -0.4 is 0 Å². The number of carbonyl (C=O) groups excluding carboxylic acids is 2. The summed E-state index contributed by atoms with van der Waals surface area (Å²) in [5.74, 6) is -1.14. The van der Waals surface area contributed by atoms with E-state index in [4.69, 9.17) is 31.9 Å². The second-order valence-electron chi connectivity index (χ2n) is 5.77. The van der Waals surface area contributed by atoms with Gasteiger partial charge in [-0.15, -0.1) is 0 Å². The van der Waals surface area contributed by atoms with E-state index in [1.54, 1.807) is 27.7 Å². The van der Waals surface area contributed by atoms with Gasteiger partial charge in [-0.2, -0.15) is 0 Å². The molecule has 0 aromatic rings. The first-order valence-corrected chi connectivity index (χ1v) is 13.0. The van der Waals surface area contributed by atoms with Crippen LogP contribution in [0.1, 0.15) is 41.5 Å². The molecule has 0 atom stereocenters. The number of hydrogen-bond donors (Lipinski definition) is 0. The number of rotatable bonds is 17. The molecule has 0 aromatic heterocycles. The Morgan fingerprint density at radius 1 is 0.606 bits per heavy atom. The highest BCUT2D eigenvalue weighted by molar-refractivity contribution is 7.48. The van der Waals surface area contributed by atoms with Crippen molar-refractivity contribution in [2.24, 2.45) is 0 Å². The first kappa shape index (κ1) is 33.8. The number of hydrogen-bond acceptors (Lipinski definition) is 12. The maximum Gasteiger partial charge on any atom is 0.477 e. The van der Waals surface area contributed by atoms with Gasteiger partial charge in [0.1, 0.15) is 6.61 Å². The second kappa shape index (κ2) is 19.0. The van der Waals surface area contributed by atoms with Crippen LogP contribution in [0.15, 0.2) is 24.3 Å². The predicted molar refractivity (Wildman–Crippen MR) is 120 cm³/mol. The van der Waals surface area contributed by atoms with Crippen LogP contribution >= 0.6 is 15.6 Å². The molecule has 0 N–H and O–H groups in total. The number of phosphoric ester groups is 2. The summed E-state index contributed by atoms with van der Waals surface area (Å²) in [7, 11) is -7.13. The summed E-state index contributed by atoms with van der Waals surface area (Å²) in [6.07, 6.45) is 0. The van der Waals surface area contributed by atoms with Gasteiger partial charge in [0, 0.05) is 11.1 Å². The molecule has 0 saturated heterocycles. The van der Waals surface area contributed by atoms with Crippen molar-refractivity contribution in [3.05, 3.63) is 24.3 Å². The first-order chi connectivity index (χ1) is 15.4. The second-order valence-corrected chi connectivity index (χ2v) is 9.11. The van der Waals surface area contributed by atoms with Crippen molar-refractivity contribution in [2.75, 3.05) is 46.4 Å². The highest BCUT2D eigenvalue weighted by atomic mass is 31.2. The van der Waals surface area contributed by atoms with Gasteiger partial charge >= 0.3 is 27.6 Å². The highest BCUT2D eigenvalue weighted by Gasteiger charge is 2.26. The van der Waals surface area contributed by atoms with Crippen molar-refractivity contribution < 1.29 is 55.3 Å². The molecule has 14 heteroatoms. The summed E-state index contributed by atoms with van der Waals surface area (Å²) < 4.78 is 61.9. The highest BCUT2D eigenvalue weighted by Crippen LogP contribution is 2.49. The van der Waals surface area contributed by atoms with Crippen LogP contribution in [0.25, 0.3) is 0 Å². The van der Waals surface area contributed by atoms with Crippen molar-refractivity contribution >= 4 is 27.6 Å². The molecule has 33 heavy (non-hydrogen) atoms. The van der Waals surface area contributed by atoms with Crippen molar-refractivity contribution in [3.63, 3.8) is 0 Å². The molecule has 0 amide bonds. The minimum Gasteiger partial charge on any atom is -0.460 e. The lowest BCUT2D eigenvalue weighted by Crippen LogP contribution is -2.11. The molecule has 0 radical (unpaired) electrons. The van der Waals surface area contributed by atoms with Gasteiger partial charge in [-0.3, -0.25) is 22.6 Å². The molecule has 0 aliphatic carbocycles. The Morgan fingerprint density at radius 3 is 1.33 bits per heavy atom. The smallest absolute Gasteiger partial charge is 0.460 e. The van der Waals surface area contributed by atoms with Crippen LogP contribution in [0.4, 0.5) is 0 Å². The number of phosphoric acid groups is 2. The SMILES string of the molecule is C=C(C)C(=O)OCCOP(=O)(OCC)OCC.C=C(C)C(=O)OCOP(=O)(OCC)OCC. The standard InChI is InChI=1S/C10H19O6P.C9H17O6P/c1-5-14-17(12,15-6-2)16-8-7-13-10(11)9(3)4;1-5-13-16(11,14-6-2)15-7-12-9(10)8(3)4/h3,5-8H2,1-2,4H3;3,5-7H2,1-2,4H3. The molecule has 0 aliphatic heterocycles. The van der Waals surface area contributed by atoms with Crippen molar-refractivity contribution in [1.29, 1.82) is 0 Å². The molecule has 0 unspecified atom stereocenters. The summed E-state index contributed by atoms with van der Waals surface area (Å²) >= 11 is 0. The largest absolute Gasteiger partial charge is 0.477 e. The number of esters is 2. The Hall–Kier alpha value is -1.36. The van der Waals surface area contributed by atoms with Gasteiger partial charge in [-0.05, 0) is 41.5 Å². The lowest BCUT2D eigenvalue weighted by molar-refractivity contribution is -0.146. The molecular weight excluding hydrogens is 482 g/mol. The normalized spacial score (nSPS) is 11.2. The van der Waals surface area contributed by atoms with Crippen LogP contribution in [-0.2, 0) is 55.3 Å². The van der Waals surface area contributed by atoms with Gasteiger partial charge < -0.3 is 9.47 Å². The molecule has 0 aliphatic rings. The lowest BCUT2D eigenvalue weighted by atomic mass is 10.4. The third-order valence-electron chi connectivity index (χ3n) is 2.81. The van der Waals surface area contributed by atoms with Gasteiger partial charge in [0.15, 0.2) is 0 Å². The zero-order valence-corrected chi connectivity index (χ0v) is 21.9. The summed E-state index contributed by atoms with van der Waals surface area (Å²) in [5.41, 5.74) is 0.522. The molecule has 0 bridgehead atoms. The molecule has 0 spiro atoms.